The monoisotopic (exact) mass is 313 g/mol. The Kier molecular flexibility index (Phi) is 4.37. The normalized spacial score (nSPS) is 11.5. The molecule has 0 aliphatic heterocycles. The minimum Gasteiger partial charge on any atom is -0.337 e. The van der Waals surface area contributed by atoms with Crippen LogP contribution < -0.4 is 0 Å². The second-order valence-electron chi connectivity index (χ2n) is 4.79. The summed E-state index contributed by atoms with van der Waals surface area (Å²) in [6.45, 7) is 2.13. The van der Waals surface area contributed by atoms with Crippen LogP contribution in [0.15, 0.2) is 35.7 Å². The van der Waals surface area contributed by atoms with Crippen molar-refractivity contribution in [1.82, 2.24) is 4.90 Å². The first-order valence-corrected chi connectivity index (χ1v) is 7.12. The quantitative estimate of drug-likeness (QED) is 0.825. The van der Waals surface area contributed by atoms with Crippen molar-refractivity contribution in [2.45, 2.75) is 19.6 Å². The molecule has 112 valence electrons. The third-order valence-corrected chi connectivity index (χ3v) is 4.11. The molecule has 1 aromatic heterocycles. The summed E-state index contributed by atoms with van der Waals surface area (Å²) >= 11 is 1.36. The van der Waals surface area contributed by atoms with Crippen LogP contribution in [0.2, 0.25) is 0 Å². The zero-order valence-electron chi connectivity index (χ0n) is 11.6. The molecular formula is C15H14F3NOS. The Morgan fingerprint density at radius 3 is 2.29 bits per heavy atom. The molecule has 1 heterocycles. The molecule has 0 fully saturated rings. The number of benzene rings is 1. The van der Waals surface area contributed by atoms with Gasteiger partial charge in [0, 0.05) is 13.6 Å². The van der Waals surface area contributed by atoms with Gasteiger partial charge in [-0.1, -0.05) is 12.1 Å². The fraction of sp³-hybridized carbons (Fsp3) is 0.267. The highest BCUT2D eigenvalue weighted by molar-refractivity contribution is 7.12. The average molecular weight is 313 g/mol. The molecule has 0 aliphatic rings. The molecule has 1 aromatic carbocycles. The molecule has 0 unspecified atom stereocenters. The molecule has 2 nitrogen and oxygen atoms in total. The number of alkyl halides is 3. The maximum Gasteiger partial charge on any atom is 0.416 e. The topological polar surface area (TPSA) is 20.3 Å². The first-order valence-electron chi connectivity index (χ1n) is 6.24. The smallest absolute Gasteiger partial charge is 0.337 e. The number of halogens is 3. The molecule has 0 spiro atoms. The Balaban J connectivity index is 2.08. The van der Waals surface area contributed by atoms with Crippen LogP contribution in [0.1, 0.15) is 26.4 Å². The number of carbonyl (C=O) groups is 1. The molecule has 0 atom stereocenters. The lowest BCUT2D eigenvalue weighted by Crippen LogP contribution is -2.26. The van der Waals surface area contributed by atoms with Gasteiger partial charge in [0.05, 0.1) is 10.4 Å². The first kappa shape index (κ1) is 15.6. The van der Waals surface area contributed by atoms with Gasteiger partial charge in [0.1, 0.15) is 0 Å². The number of nitrogens with zero attached hydrogens (tertiary/aromatic N) is 1. The van der Waals surface area contributed by atoms with E-state index in [1.165, 1.54) is 28.4 Å². The standard InChI is InChI=1S/C15H14F3NOS/c1-10-7-8-21-13(10)14(20)19(2)9-11-3-5-12(6-4-11)15(16,17)18/h3-8H,9H2,1-2H3. The van der Waals surface area contributed by atoms with E-state index in [1.54, 1.807) is 7.05 Å². The number of aryl methyl sites for hydroxylation is 1. The highest BCUT2D eigenvalue weighted by atomic mass is 32.1. The van der Waals surface area contributed by atoms with Crippen LogP contribution in [-0.2, 0) is 12.7 Å². The van der Waals surface area contributed by atoms with Crippen molar-refractivity contribution in [2.24, 2.45) is 0 Å². The van der Waals surface area contributed by atoms with Gasteiger partial charge in [0.2, 0.25) is 0 Å². The van der Waals surface area contributed by atoms with Gasteiger partial charge < -0.3 is 4.90 Å². The van der Waals surface area contributed by atoms with Crippen LogP contribution in [0.5, 0.6) is 0 Å². The third kappa shape index (κ3) is 3.64. The Labute approximate surface area is 124 Å². The number of amides is 1. The molecule has 0 saturated heterocycles. The third-order valence-electron chi connectivity index (χ3n) is 3.10. The van der Waals surface area contributed by atoms with Gasteiger partial charge in [0.25, 0.3) is 5.91 Å². The Bertz CT molecular complexity index is 631. The van der Waals surface area contributed by atoms with Crippen molar-refractivity contribution in [1.29, 1.82) is 0 Å². The van der Waals surface area contributed by atoms with Crippen molar-refractivity contribution in [3.05, 3.63) is 57.3 Å². The maximum atomic E-state index is 12.5. The molecule has 0 bridgehead atoms. The van der Waals surface area contributed by atoms with E-state index in [0.29, 0.717) is 10.4 Å². The molecule has 2 rings (SSSR count). The van der Waals surface area contributed by atoms with Crippen molar-refractivity contribution in [3.8, 4) is 0 Å². The Morgan fingerprint density at radius 2 is 1.81 bits per heavy atom. The van der Waals surface area contributed by atoms with E-state index >= 15 is 0 Å². The highest BCUT2D eigenvalue weighted by Gasteiger charge is 2.30. The van der Waals surface area contributed by atoms with Gasteiger partial charge in [-0.2, -0.15) is 13.2 Å². The molecule has 0 N–H and O–H groups in total. The maximum absolute atomic E-state index is 12.5. The van der Waals surface area contributed by atoms with Crippen LogP contribution >= 0.6 is 11.3 Å². The van der Waals surface area contributed by atoms with Gasteiger partial charge in [0.15, 0.2) is 0 Å². The lowest BCUT2D eigenvalue weighted by atomic mass is 10.1. The lowest BCUT2D eigenvalue weighted by Gasteiger charge is -2.17. The molecule has 0 radical (unpaired) electrons. The van der Waals surface area contributed by atoms with Crippen LogP contribution in [0.4, 0.5) is 13.2 Å². The van der Waals surface area contributed by atoms with Crippen molar-refractivity contribution in [2.75, 3.05) is 7.05 Å². The molecule has 6 heteroatoms. The van der Waals surface area contributed by atoms with Gasteiger partial charge in [-0.3, -0.25) is 4.79 Å². The minimum atomic E-state index is -4.34. The summed E-state index contributed by atoms with van der Waals surface area (Å²) in [6, 6.07) is 6.72. The van der Waals surface area contributed by atoms with E-state index in [0.717, 1.165) is 17.7 Å². The predicted molar refractivity (Wildman–Crippen MR) is 76.3 cm³/mol. The molecule has 0 saturated carbocycles. The zero-order valence-corrected chi connectivity index (χ0v) is 12.4. The molecular weight excluding hydrogens is 299 g/mol. The summed E-state index contributed by atoms with van der Waals surface area (Å²) in [4.78, 5) is 14.4. The lowest BCUT2D eigenvalue weighted by molar-refractivity contribution is -0.137. The highest BCUT2D eigenvalue weighted by Crippen LogP contribution is 2.29. The van der Waals surface area contributed by atoms with Crippen LogP contribution in [-0.4, -0.2) is 17.9 Å². The summed E-state index contributed by atoms with van der Waals surface area (Å²) in [5.74, 6) is -0.123. The molecule has 2 aromatic rings. The van der Waals surface area contributed by atoms with E-state index in [4.69, 9.17) is 0 Å². The van der Waals surface area contributed by atoms with E-state index in [1.807, 2.05) is 18.4 Å². The van der Waals surface area contributed by atoms with Crippen LogP contribution in [0.25, 0.3) is 0 Å². The summed E-state index contributed by atoms with van der Waals surface area (Å²) in [6.07, 6.45) is -4.34. The Morgan fingerprint density at radius 1 is 1.19 bits per heavy atom. The molecule has 21 heavy (non-hydrogen) atoms. The van der Waals surface area contributed by atoms with Gasteiger partial charge in [-0.15, -0.1) is 11.3 Å². The number of thiophene rings is 1. The summed E-state index contributed by atoms with van der Waals surface area (Å²) in [5.41, 5.74) is 0.881. The largest absolute Gasteiger partial charge is 0.416 e. The SMILES string of the molecule is Cc1ccsc1C(=O)N(C)Cc1ccc(C(F)(F)F)cc1. The number of hydrogen-bond donors (Lipinski definition) is 0. The fourth-order valence-electron chi connectivity index (χ4n) is 1.91. The first-order chi connectivity index (χ1) is 9.79. The number of hydrogen-bond acceptors (Lipinski definition) is 2. The predicted octanol–water partition coefficient (Wildman–Crippen LogP) is 4.35. The van der Waals surface area contributed by atoms with Crippen molar-refractivity contribution < 1.29 is 18.0 Å². The second kappa shape index (κ2) is 5.89. The second-order valence-corrected chi connectivity index (χ2v) is 5.70. The summed E-state index contributed by atoms with van der Waals surface area (Å²) in [5, 5.41) is 1.84. The summed E-state index contributed by atoms with van der Waals surface area (Å²) < 4.78 is 37.4. The molecule has 0 aliphatic carbocycles. The van der Waals surface area contributed by atoms with Gasteiger partial charge >= 0.3 is 6.18 Å². The van der Waals surface area contributed by atoms with Crippen molar-refractivity contribution in [3.63, 3.8) is 0 Å². The van der Waals surface area contributed by atoms with Crippen LogP contribution in [0, 0.1) is 6.92 Å². The van der Waals surface area contributed by atoms with Crippen molar-refractivity contribution >= 4 is 17.2 Å². The van der Waals surface area contributed by atoms with E-state index in [9.17, 15) is 18.0 Å². The minimum absolute atomic E-state index is 0.123. The average Bonchev–Trinajstić information content (AvgIpc) is 2.83. The van der Waals surface area contributed by atoms with Gasteiger partial charge in [-0.25, -0.2) is 0 Å². The van der Waals surface area contributed by atoms with E-state index < -0.39 is 11.7 Å². The van der Waals surface area contributed by atoms with Crippen LogP contribution in [0.3, 0.4) is 0 Å². The fourth-order valence-corrected chi connectivity index (χ4v) is 2.83. The van der Waals surface area contributed by atoms with E-state index in [2.05, 4.69) is 0 Å². The zero-order chi connectivity index (χ0) is 15.6. The number of carbonyl (C=O) groups excluding carboxylic acids is 1. The Hall–Kier alpha value is -1.82. The summed E-state index contributed by atoms with van der Waals surface area (Å²) in [7, 11) is 1.64. The molecule has 1 amide bonds. The number of rotatable bonds is 3. The van der Waals surface area contributed by atoms with E-state index in [-0.39, 0.29) is 12.5 Å². The van der Waals surface area contributed by atoms with Gasteiger partial charge in [-0.05, 0) is 41.6 Å².